The number of carbonyl (C=O) groups excluding carboxylic acids is 1. The molecule has 1 aromatic heterocycles. The predicted molar refractivity (Wildman–Crippen MR) is 90.7 cm³/mol. The summed E-state index contributed by atoms with van der Waals surface area (Å²) in [5.74, 6) is 0.609. The first-order valence-corrected chi connectivity index (χ1v) is 7.40. The highest BCUT2D eigenvalue weighted by Gasteiger charge is 2.32. The maximum atomic E-state index is 12.8. The van der Waals surface area contributed by atoms with E-state index in [9.17, 15) is 4.79 Å². The topological polar surface area (TPSA) is 67.0 Å². The largest absolute Gasteiger partial charge is 0.496 e. The number of methoxy groups -OCH3 is 1. The van der Waals surface area contributed by atoms with Crippen LogP contribution in [0.1, 0.15) is 19.4 Å². The minimum Gasteiger partial charge on any atom is -0.496 e. The van der Waals surface area contributed by atoms with Gasteiger partial charge in [-0.25, -0.2) is 4.98 Å². The molecule has 23 heavy (non-hydrogen) atoms. The highest BCUT2D eigenvalue weighted by Crippen LogP contribution is 2.32. The number of carbonyl (C=O) groups is 1. The Balaban J connectivity index is 1.88. The van der Waals surface area contributed by atoms with E-state index in [1.807, 2.05) is 56.3 Å². The minimum absolute atomic E-state index is 0.0964. The molecular formula is C18H19N3O2. The van der Waals surface area contributed by atoms with Crippen molar-refractivity contribution in [3.05, 3.63) is 54.4 Å². The number of aromatic amines is 1. The van der Waals surface area contributed by atoms with Gasteiger partial charge in [-0.1, -0.05) is 18.2 Å². The Morgan fingerprint density at radius 1 is 1.22 bits per heavy atom. The molecule has 3 rings (SSSR count). The van der Waals surface area contributed by atoms with Crippen LogP contribution in [0.3, 0.4) is 0 Å². The third-order valence-electron chi connectivity index (χ3n) is 4.03. The summed E-state index contributed by atoms with van der Waals surface area (Å²) in [7, 11) is 1.61. The quantitative estimate of drug-likeness (QED) is 0.775. The Hall–Kier alpha value is -2.82. The van der Waals surface area contributed by atoms with E-state index >= 15 is 0 Å². The molecule has 0 aliphatic carbocycles. The van der Waals surface area contributed by atoms with E-state index in [4.69, 9.17) is 4.74 Å². The van der Waals surface area contributed by atoms with Crippen molar-refractivity contribution in [2.24, 2.45) is 0 Å². The van der Waals surface area contributed by atoms with Crippen molar-refractivity contribution in [3.63, 3.8) is 0 Å². The van der Waals surface area contributed by atoms with Gasteiger partial charge in [0, 0.05) is 11.3 Å². The number of hydrogen-bond donors (Lipinski definition) is 2. The van der Waals surface area contributed by atoms with Gasteiger partial charge in [0.1, 0.15) is 5.75 Å². The third-order valence-corrected chi connectivity index (χ3v) is 4.03. The second-order valence-electron chi connectivity index (χ2n) is 5.91. The van der Waals surface area contributed by atoms with Crippen molar-refractivity contribution in [3.8, 4) is 5.75 Å². The second-order valence-corrected chi connectivity index (χ2v) is 5.91. The molecule has 0 fully saturated rings. The van der Waals surface area contributed by atoms with Crippen LogP contribution >= 0.6 is 0 Å². The van der Waals surface area contributed by atoms with E-state index in [1.54, 1.807) is 13.4 Å². The molecule has 0 radical (unpaired) electrons. The van der Waals surface area contributed by atoms with Gasteiger partial charge in [0.05, 0.1) is 29.9 Å². The zero-order chi connectivity index (χ0) is 16.4. The third kappa shape index (κ3) is 2.77. The van der Waals surface area contributed by atoms with Crippen molar-refractivity contribution in [1.82, 2.24) is 9.97 Å². The Bertz CT molecular complexity index is 852. The number of fused-ring (bicyclic) bond motifs is 1. The van der Waals surface area contributed by atoms with Gasteiger partial charge in [0.2, 0.25) is 5.91 Å². The van der Waals surface area contributed by atoms with E-state index in [0.29, 0.717) is 5.75 Å². The number of anilines is 1. The van der Waals surface area contributed by atoms with Crippen molar-refractivity contribution < 1.29 is 9.53 Å². The number of nitrogens with one attached hydrogen (secondary N) is 2. The molecule has 1 amide bonds. The van der Waals surface area contributed by atoms with Crippen LogP contribution in [0.15, 0.2) is 48.8 Å². The smallest absolute Gasteiger partial charge is 0.234 e. The maximum absolute atomic E-state index is 12.8. The number of H-pyrrole nitrogens is 1. The molecule has 0 spiro atoms. The SMILES string of the molecule is COc1ccccc1C(C)(C)C(=O)Nc1ccc2nc[nH]c2c1. The Morgan fingerprint density at radius 2 is 2.00 bits per heavy atom. The number of nitrogens with zero attached hydrogens (tertiary/aromatic N) is 1. The van der Waals surface area contributed by atoms with Crippen molar-refractivity contribution >= 4 is 22.6 Å². The molecule has 0 atom stereocenters. The fraction of sp³-hybridized carbons (Fsp3) is 0.222. The van der Waals surface area contributed by atoms with Gasteiger partial charge in [-0.2, -0.15) is 0 Å². The lowest BCUT2D eigenvalue weighted by Crippen LogP contribution is -2.35. The fourth-order valence-electron chi connectivity index (χ4n) is 2.58. The highest BCUT2D eigenvalue weighted by molar-refractivity contribution is 6.00. The molecule has 0 bridgehead atoms. The maximum Gasteiger partial charge on any atom is 0.234 e. The molecule has 0 aliphatic rings. The molecule has 3 aromatic rings. The molecule has 2 N–H and O–H groups in total. The second kappa shape index (κ2) is 5.76. The summed E-state index contributed by atoms with van der Waals surface area (Å²) < 4.78 is 5.39. The molecular weight excluding hydrogens is 290 g/mol. The molecule has 0 saturated carbocycles. The van der Waals surface area contributed by atoms with Crippen LogP contribution in [0, 0.1) is 0 Å². The standard InChI is InChI=1S/C18H19N3O2/c1-18(2,13-6-4-5-7-16(13)23-3)17(22)21-12-8-9-14-15(10-12)20-11-19-14/h4-11H,1-3H3,(H,19,20)(H,21,22). The Kier molecular flexibility index (Phi) is 3.78. The number of rotatable bonds is 4. The predicted octanol–water partition coefficient (Wildman–Crippen LogP) is 3.49. The Labute approximate surface area is 134 Å². The van der Waals surface area contributed by atoms with Crippen LogP contribution in [0.4, 0.5) is 5.69 Å². The van der Waals surface area contributed by atoms with Gasteiger partial charge < -0.3 is 15.0 Å². The average Bonchev–Trinajstić information content (AvgIpc) is 3.02. The van der Waals surface area contributed by atoms with E-state index < -0.39 is 5.41 Å². The lowest BCUT2D eigenvalue weighted by atomic mass is 9.83. The molecule has 118 valence electrons. The van der Waals surface area contributed by atoms with E-state index in [2.05, 4.69) is 15.3 Å². The number of aromatic nitrogens is 2. The van der Waals surface area contributed by atoms with Crippen molar-refractivity contribution in [1.29, 1.82) is 0 Å². The Morgan fingerprint density at radius 3 is 2.78 bits per heavy atom. The zero-order valence-corrected chi connectivity index (χ0v) is 13.4. The molecule has 5 nitrogen and oxygen atoms in total. The van der Waals surface area contributed by atoms with E-state index in [-0.39, 0.29) is 5.91 Å². The van der Waals surface area contributed by atoms with Gasteiger partial charge in [-0.05, 0) is 38.1 Å². The number of hydrogen-bond acceptors (Lipinski definition) is 3. The summed E-state index contributed by atoms with van der Waals surface area (Å²) in [6, 6.07) is 13.2. The van der Waals surface area contributed by atoms with Crippen LogP contribution < -0.4 is 10.1 Å². The van der Waals surface area contributed by atoms with Crippen LogP contribution in [-0.2, 0) is 10.2 Å². The van der Waals surface area contributed by atoms with Gasteiger partial charge >= 0.3 is 0 Å². The summed E-state index contributed by atoms with van der Waals surface area (Å²) >= 11 is 0. The molecule has 0 aliphatic heterocycles. The van der Waals surface area contributed by atoms with Gasteiger partial charge in [-0.3, -0.25) is 4.79 Å². The number of imidazole rings is 1. The van der Waals surface area contributed by atoms with Crippen molar-refractivity contribution in [2.45, 2.75) is 19.3 Å². The summed E-state index contributed by atoms with van der Waals surface area (Å²) in [6.45, 7) is 3.77. The lowest BCUT2D eigenvalue weighted by Gasteiger charge is -2.26. The van der Waals surface area contributed by atoms with Crippen molar-refractivity contribution in [2.75, 3.05) is 12.4 Å². The molecule has 0 unspecified atom stereocenters. The fourth-order valence-corrected chi connectivity index (χ4v) is 2.58. The first kappa shape index (κ1) is 15.1. The van der Waals surface area contributed by atoms with Gasteiger partial charge in [-0.15, -0.1) is 0 Å². The average molecular weight is 309 g/mol. The molecule has 5 heteroatoms. The lowest BCUT2D eigenvalue weighted by molar-refractivity contribution is -0.120. The normalized spacial score (nSPS) is 11.4. The zero-order valence-electron chi connectivity index (χ0n) is 13.4. The molecule has 2 aromatic carbocycles. The van der Waals surface area contributed by atoms with Crippen LogP contribution in [0.25, 0.3) is 11.0 Å². The van der Waals surface area contributed by atoms with Crippen LogP contribution in [-0.4, -0.2) is 23.0 Å². The first-order chi connectivity index (χ1) is 11.0. The van der Waals surface area contributed by atoms with Crippen LogP contribution in [0.2, 0.25) is 0 Å². The van der Waals surface area contributed by atoms with Gasteiger partial charge in [0.15, 0.2) is 0 Å². The van der Waals surface area contributed by atoms with Crippen LogP contribution in [0.5, 0.6) is 5.75 Å². The minimum atomic E-state index is -0.727. The molecule has 0 saturated heterocycles. The van der Waals surface area contributed by atoms with E-state index in [1.165, 1.54) is 0 Å². The van der Waals surface area contributed by atoms with Gasteiger partial charge in [0.25, 0.3) is 0 Å². The summed E-state index contributed by atoms with van der Waals surface area (Å²) in [5.41, 5.74) is 2.61. The summed E-state index contributed by atoms with van der Waals surface area (Å²) in [5, 5.41) is 2.97. The highest BCUT2D eigenvalue weighted by atomic mass is 16.5. The monoisotopic (exact) mass is 309 g/mol. The number of benzene rings is 2. The van der Waals surface area contributed by atoms with E-state index in [0.717, 1.165) is 22.3 Å². The number of amides is 1. The number of para-hydroxylation sites is 1. The summed E-state index contributed by atoms with van der Waals surface area (Å²) in [4.78, 5) is 20.0. The summed E-state index contributed by atoms with van der Waals surface area (Å²) in [6.07, 6.45) is 1.63. The molecule has 1 heterocycles. The number of ether oxygens (including phenoxy) is 1. The first-order valence-electron chi connectivity index (χ1n) is 7.40.